The normalized spacial score (nSPS) is 22.8. The first-order valence-corrected chi connectivity index (χ1v) is 7.68. The zero-order valence-corrected chi connectivity index (χ0v) is 14.5. The Labute approximate surface area is 135 Å². The van der Waals surface area contributed by atoms with Gasteiger partial charge in [-0.3, -0.25) is 0 Å². The highest BCUT2D eigenvalue weighted by molar-refractivity contribution is 7.80. The van der Waals surface area contributed by atoms with Crippen LogP contribution in [0.1, 0.15) is 47.0 Å². The third kappa shape index (κ3) is 3.71. The van der Waals surface area contributed by atoms with E-state index in [1.54, 1.807) is 27.8 Å². The van der Waals surface area contributed by atoms with Gasteiger partial charge in [0.25, 0.3) is 5.72 Å². The lowest BCUT2D eigenvalue weighted by Crippen LogP contribution is -2.59. The maximum atomic E-state index is 13.4. The average Bonchev–Trinajstić information content (AvgIpc) is 2.73. The van der Waals surface area contributed by atoms with Gasteiger partial charge in [0.2, 0.25) is 0 Å². The lowest BCUT2D eigenvalue weighted by molar-refractivity contribution is -0.295. The van der Waals surface area contributed by atoms with E-state index in [1.165, 1.54) is 4.90 Å². The average molecular weight is 339 g/mol. The van der Waals surface area contributed by atoms with E-state index in [0.717, 1.165) is 12.8 Å². The third-order valence-corrected chi connectivity index (χ3v) is 4.14. The summed E-state index contributed by atoms with van der Waals surface area (Å²) in [6.07, 6.45) is -3.75. The van der Waals surface area contributed by atoms with Crippen LogP contribution in [0.2, 0.25) is 0 Å². The van der Waals surface area contributed by atoms with Crippen LogP contribution in [0.3, 0.4) is 0 Å². The number of aliphatic hydroxyl groups is 1. The Balaban J connectivity index is 3.14. The molecule has 0 radical (unpaired) electrons. The largest absolute Gasteiger partial charge is 0.438 e. The summed E-state index contributed by atoms with van der Waals surface area (Å²) < 4.78 is 40.2. The van der Waals surface area contributed by atoms with Crippen LogP contribution in [0.4, 0.5) is 13.2 Å². The molecule has 1 aliphatic heterocycles. The molecule has 0 aromatic rings. The maximum absolute atomic E-state index is 13.4. The van der Waals surface area contributed by atoms with Crippen molar-refractivity contribution in [1.29, 1.82) is 0 Å². The minimum atomic E-state index is -4.85. The third-order valence-electron chi connectivity index (χ3n) is 3.66. The Hall–Kier alpha value is -0.890. The van der Waals surface area contributed by atoms with Crippen molar-refractivity contribution in [3.05, 3.63) is 0 Å². The molecule has 1 heterocycles. The van der Waals surface area contributed by atoms with E-state index in [4.69, 9.17) is 12.2 Å². The first-order chi connectivity index (χ1) is 9.84. The molecule has 0 saturated heterocycles. The van der Waals surface area contributed by atoms with Gasteiger partial charge < -0.3 is 10.0 Å². The molecule has 4 nitrogen and oxygen atoms in total. The van der Waals surface area contributed by atoms with Gasteiger partial charge in [-0.25, -0.2) is 0 Å². The van der Waals surface area contributed by atoms with Crippen LogP contribution < -0.4 is 0 Å². The topological polar surface area (TPSA) is 39.1 Å². The van der Waals surface area contributed by atoms with E-state index in [0.29, 0.717) is 11.6 Å². The summed E-state index contributed by atoms with van der Waals surface area (Å²) in [5.74, 6) is 0. The fraction of sp³-hybridized carbons (Fsp3) is 0.857. The zero-order valence-electron chi connectivity index (χ0n) is 13.7. The maximum Gasteiger partial charge on any atom is 0.438 e. The summed E-state index contributed by atoms with van der Waals surface area (Å²) in [6, 6.07) is 0. The van der Waals surface area contributed by atoms with Crippen LogP contribution in [0.25, 0.3) is 0 Å². The van der Waals surface area contributed by atoms with E-state index in [9.17, 15) is 18.3 Å². The fourth-order valence-corrected chi connectivity index (χ4v) is 2.32. The first kappa shape index (κ1) is 19.2. The molecule has 0 saturated carbocycles. The number of hydrogen-bond acceptors (Lipinski definition) is 3. The highest BCUT2D eigenvalue weighted by atomic mass is 32.1. The molecule has 128 valence electrons. The predicted octanol–water partition coefficient (Wildman–Crippen LogP) is 3.36. The summed E-state index contributed by atoms with van der Waals surface area (Å²) in [6.45, 7) is 7.77. The number of nitrogens with zero attached hydrogens (tertiary/aromatic N) is 3. The number of thiocarbonyl (C=S) groups is 1. The molecule has 22 heavy (non-hydrogen) atoms. The number of rotatable bonds is 3. The second-order valence-electron chi connectivity index (χ2n) is 6.66. The summed E-state index contributed by atoms with van der Waals surface area (Å²) in [5.41, 5.74) is -3.38. The molecule has 0 bridgehead atoms. The minimum absolute atomic E-state index is 0.118. The predicted molar refractivity (Wildman–Crippen MR) is 84.5 cm³/mol. The number of halogens is 3. The highest BCUT2D eigenvalue weighted by Crippen LogP contribution is 2.43. The number of hydrazone groups is 1. The number of hydrogen-bond donors (Lipinski definition) is 1. The molecule has 0 spiro atoms. The summed E-state index contributed by atoms with van der Waals surface area (Å²) in [5, 5.41) is 14.7. The standard InChI is InChI=1S/C14H24F3N3OS/c1-6-7-8-19(5)11(22)20-13(21,14(15,16)17)9-10(18-20)12(2,3)4/h21H,6-9H2,1-5H3. The van der Waals surface area contributed by atoms with E-state index in [-0.39, 0.29) is 10.8 Å². The summed E-state index contributed by atoms with van der Waals surface area (Å²) in [4.78, 5) is 1.52. The second-order valence-corrected chi connectivity index (χ2v) is 7.02. The van der Waals surface area contributed by atoms with Crippen LogP contribution in [0.15, 0.2) is 5.10 Å². The van der Waals surface area contributed by atoms with Crippen molar-refractivity contribution >= 4 is 23.0 Å². The van der Waals surface area contributed by atoms with Crippen molar-refractivity contribution in [2.24, 2.45) is 10.5 Å². The second kappa shape index (κ2) is 6.31. The fourth-order valence-electron chi connectivity index (χ4n) is 2.04. The Morgan fingerprint density at radius 2 is 1.95 bits per heavy atom. The SMILES string of the molecule is CCCCN(C)C(=S)N1N=C(C(C)(C)C)CC1(O)C(F)(F)F. The van der Waals surface area contributed by atoms with Gasteiger partial charge in [-0.2, -0.15) is 23.3 Å². The van der Waals surface area contributed by atoms with Crippen LogP contribution >= 0.6 is 12.2 Å². The van der Waals surface area contributed by atoms with Gasteiger partial charge in [-0.15, -0.1) is 0 Å². The highest BCUT2D eigenvalue weighted by Gasteiger charge is 2.63. The smallest absolute Gasteiger partial charge is 0.362 e. The van der Waals surface area contributed by atoms with Gasteiger partial charge in [0.05, 0.1) is 0 Å². The molecule has 1 unspecified atom stereocenters. The lowest BCUT2D eigenvalue weighted by Gasteiger charge is -2.36. The molecular formula is C14H24F3N3OS. The van der Waals surface area contributed by atoms with E-state index in [1.807, 2.05) is 6.92 Å². The van der Waals surface area contributed by atoms with E-state index < -0.39 is 23.7 Å². The Morgan fingerprint density at radius 1 is 1.41 bits per heavy atom. The quantitative estimate of drug-likeness (QED) is 0.800. The van der Waals surface area contributed by atoms with Crippen LogP contribution in [-0.4, -0.2) is 51.3 Å². The van der Waals surface area contributed by atoms with Crippen molar-refractivity contribution < 1.29 is 18.3 Å². The van der Waals surface area contributed by atoms with E-state index >= 15 is 0 Å². The van der Waals surface area contributed by atoms with Crippen LogP contribution in [0.5, 0.6) is 0 Å². The molecule has 8 heteroatoms. The van der Waals surface area contributed by atoms with Gasteiger partial charge in [0.15, 0.2) is 5.11 Å². The van der Waals surface area contributed by atoms with Crippen molar-refractivity contribution in [2.45, 2.75) is 58.9 Å². The van der Waals surface area contributed by atoms with Crippen molar-refractivity contribution in [1.82, 2.24) is 9.91 Å². The monoisotopic (exact) mass is 339 g/mol. The lowest BCUT2D eigenvalue weighted by atomic mass is 9.86. The van der Waals surface area contributed by atoms with Gasteiger partial charge >= 0.3 is 6.18 Å². The molecule has 0 amide bonds. The van der Waals surface area contributed by atoms with E-state index in [2.05, 4.69) is 5.10 Å². The Bertz CT molecular complexity index is 459. The molecular weight excluding hydrogens is 315 g/mol. The molecule has 0 aromatic carbocycles. The molecule has 1 aliphatic rings. The molecule has 1 atom stereocenters. The first-order valence-electron chi connectivity index (χ1n) is 7.27. The van der Waals surface area contributed by atoms with Crippen LogP contribution in [-0.2, 0) is 0 Å². The molecule has 0 aromatic heterocycles. The van der Waals surface area contributed by atoms with Crippen molar-refractivity contribution in [3.8, 4) is 0 Å². The zero-order chi connectivity index (χ0) is 17.3. The number of alkyl halides is 3. The molecule has 1 rings (SSSR count). The summed E-state index contributed by atoms with van der Waals surface area (Å²) in [7, 11) is 1.61. The van der Waals surface area contributed by atoms with Gasteiger partial charge in [-0.1, -0.05) is 34.1 Å². The van der Waals surface area contributed by atoms with Gasteiger partial charge in [0, 0.05) is 31.1 Å². The van der Waals surface area contributed by atoms with Gasteiger partial charge in [0.1, 0.15) is 0 Å². The minimum Gasteiger partial charge on any atom is -0.362 e. The molecule has 1 N–H and O–H groups in total. The Morgan fingerprint density at radius 3 is 2.36 bits per heavy atom. The summed E-state index contributed by atoms with van der Waals surface area (Å²) >= 11 is 5.13. The number of unbranched alkanes of at least 4 members (excludes halogenated alkanes) is 1. The molecule has 0 aliphatic carbocycles. The van der Waals surface area contributed by atoms with Crippen molar-refractivity contribution in [3.63, 3.8) is 0 Å². The van der Waals surface area contributed by atoms with Crippen molar-refractivity contribution in [2.75, 3.05) is 13.6 Å². The van der Waals surface area contributed by atoms with Gasteiger partial charge in [-0.05, 0) is 18.6 Å². The Kier molecular flexibility index (Phi) is 5.50. The molecule has 0 fully saturated rings. The van der Waals surface area contributed by atoms with Crippen LogP contribution in [0, 0.1) is 5.41 Å².